The molecule has 1 aromatic carbocycles. The van der Waals surface area contributed by atoms with Crippen molar-refractivity contribution in [2.24, 2.45) is 0 Å². The van der Waals surface area contributed by atoms with Crippen LogP contribution in [0.1, 0.15) is 33.4 Å². The van der Waals surface area contributed by atoms with Gasteiger partial charge in [-0.05, 0) is 23.8 Å². The first-order valence-corrected chi connectivity index (χ1v) is 13.2. The molecule has 0 aliphatic carbocycles. The fraction of sp³-hybridized carbons (Fsp3) is 0.308. The van der Waals surface area contributed by atoms with Crippen molar-refractivity contribution in [3.8, 4) is 5.75 Å². The Labute approximate surface area is 230 Å². The Kier molecular flexibility index (Phi) is 6.80. The zero-order chi connectivity index (χ0) is 28.0. The molecule has 3 aliphatic heterocycles. The van der Waals surface area contributed by atoms with Crippen LogP contribution in [0.2, 0.25) is 0 Å². The van der Waals surface area contributed by atoms with Crippen LogP contribution in [0.15, 0.2) is 52.4 Å². The van der Waals surface area contributed by atoms with Gasteiger partial charge in [0.05, 0.1) is 26.0 Å². The van der Waals surface area contributed by atoms with Crippen molar-refractivity contribution in [3.63, 3.8) is 0 Å². The minimum Gasteiger partial charge on any atom is -0.451 e. The third-order valence-corrected chi connectivity index (χ3v) is 8.01. The van der Waals surface area contributed by atoms with Gasteiger partial charge in [0.2, 0.25) is 18.0 Å². The fourth-order valence-corrected chi connectivity index (χ4v) is 6.24. The van der Waals surface area contributed by atoms with E-state index in [1.54, 1.807) is 17.3 Å². The number of benzene rings is 1. The summed E-state index contributed by atoms with van der Waals surface area (Å²) < 4.78 is 51.6. The molecule has 6 rings (SSSR count). The maximum absolute atomic E-state index is 15.2. The van der Waals surface area contributed by atoms with Crippen molar-refractivity contribution in [2.75, 3.05) is 38.7 Å². The van der Waals surface area contributed by atoms with Gasteiger partial charge in [0, 0.05) is 41.2 Å². The molecule has 0 saturated carbocycles. The van der Waals surface area contributed by atoms with Crippen LogP contribution in [0.25, 0.3) is 0 Å². The van der Waals surface area contributed by atoms with Crippen molar-refractivity contribution in [1.82, 2.24) is 14.6 Å². The molecule has 0 spiro atoms. The van der Waals surface area contributed by atoms with E-state index in [1.807, 2.05) is 6.07 Å². The third-order valence-electron chi connectivity index (χ3n) is 6.92. The van der Waals surface area contributed by atoms with Crippen molar-refractivity contribution in [2.45, 2.75) is 22.9 Å². The van der Waals surface area contributed by atoms with Gasteiger partial charge in [0.1, 0.15) is 12.2 Å². The van der Waals surface area contributed by atoms with E-state index < -0.39 is 48.1 Å². The summed E-state index contributed by atoms with van der Waals surface area (Å²) in [5, 5.41) is 1.76. The summed E-state index contributed by atoms with van der Waals surface area (Å²) in [6.07, 6.45) is 1.29. The summed E-state index contributed by atoms with van der Waals surface area (Å²) in [4.78, 5) is 45.1. The lowest BCUT2D eigenvalue weighted by atomic mass is 9.96. The topological polar surface area (TPSA) is 112 Å². The first-order chi connectivity index (χ1) is 19.4. The first-order valence-electron chi connectivity index (χ1n) is 12.2. The highest BCUT2D eigenvalue weighted by Gasteiger charge is 2.47. The largest absolute Gasteiger partial charge is 0.510 e. The molecule has 3 aliphatic rings. The zero-order valence-electron chi connectivity index (χ0n) is 21.0. The predicted octanol–water partition coefficient (Wildman–Crippen LogP) is 2.79. The lowest BCUT2D eigenvalue weighted by molar-refractivity contribution is -0.0210. The molecule has 14 heteroatoms. The quantitative estimate of drug-likeness (QED) is 0.342. The Morgan fingerprint density at radius 3 is 2.90 bits per heavy atom. The predicted molar refractivity (Wildman–Crippen MR) is 136 cm³/mol. The van der Waals surface area contributed by atoms with Gasteiger partial charge >= 0.3 is 6.16 Å². The van der Waals surface area contributed by atoms with E-state index in [0.29, 0.717) is 11.3 Å². The molecule has 1 fully saturated rings. The van der Waals surface area contributed by atoms with Crippen molar-refractivity contribution in [3.05, 3.63) is 87.1 Å². The number of carbonyl (C=O) groups is 2. The number of hydrogen-bond donors (Lipinski definition) is 0. The highest BCUT2D eigenvalue weighted by molar-refractivity contribution is 7.98. The van der Waals surface area contributed by atoms with E-state index in [-0.39, 0.29) is 42.5 Å². The Hall–Kier alpha value is -4.17. The average molecular weight is 573 g/mol. The molecule has 1 amide bonds. The van der Waals surface area contributed by atoms with Gasteiger partial charge in [-0.3, -0.25) is 24.3 Å². The van der Waals surface area contributed by atoms with Crippen LogP contribution in [-0.4, -0.2) is 66.4 Å². The Morgan fingerprint density at radius 2 is 2.08 bits per heavy atom. The molecule has 208 valence electrons. The summed E-state index contributed by atoms with van der Waals surface area (Å²) in [7, 11) is 1.12. The maximum atomic E-state index is 15.2. The molecule has 2 atom stereocenters. The molecule has 0 N–H and O–H groups in total. The molecule has 0 unspecified atom stereocenters. The molecule has 5 heterocycles. The van der Waals surface area contributed by atoms with Crippen LogP contribution < -0.4 is 15.2 Å². The van der Waals surface area contributed by atoms with E-state index in [1.165, 1.54) is 39.7 Å². The SMILES string of the molecule is COC(=O)OCOc1c2n(ccc1=O)N([C@@H]1c3ccc(F)c(F)c3CSc3cccnc31)[C@@H]1COCCN1C2=O. The van der Waals surface area contributed by atoms with E-state index in [9.17, 15) is 18.8 Å². The number of methoxy groups -OCH3 is 1. The number of rotatable bonds is 4. The summed E-state index contributed by atoms with van der Waals surface area (Å²) in [6.45, 7) is -0.136. The monoisotopic (exact) mass is 572 g/mol. The number of hydrogen-bond acceptors (Lipinski definition) is 10. The van der Waals surface area contributed by atoms with Crippen molar-refractivity contribution in [1.29, 1.82) is 0 Å². The normalized spacial score (nSPS) is 19.5. The number of carbonyl (C=O) groups excluding carboxylic acids is 2. The number of amides is 1. The van der Waals surface area contributed by atoms with Gasteiger partial charge in [0.25, 0.3) is 5.91 Å². The molecule has 2 aromatic heterocycles. The summed E-state index contributed by atoms with van der Waals surface area (Å²) in [5.74, 6) is -2.64. The van der Waals surface area contributed by atoms with E-state index in [2.05, 4.69) is 9.72 Å². The Bertz CT molecular complexity index is 1570. The minimum atomic E-state index is -1.03. The third kappa shape index (κ3) is 4.23. The van der Waals surface area contributed by atoms with E-state index in [4.69, 9.17) is 14.2 Å². The van der Waals surface area contributed by atoms with Crippen molar-refractivity contribution < 1.29 is 37.3 Å². The van der Waals surface area contributed by atoms with Crippen LogP contribution in [-0.2, 0) is 20.0 Å². The van der Waals surface area contributed by atoms with Crippen LogP contribution in [0, 0.1) is 11.6 Å². The highest BCUT2D eigenvalue weighted by Crippen LogP contribution is 2.44. The van der Waals surface area contributed by atoms with Gasteiger partial charge in [-0.1, -0.05) is 6.07 Å². The van der Waals surface area contributed by atoms with Crippen LogP contribution in [0.3, 0.4) is 0 Å². The van der Waals surface area contributed by atoms with Gasteiger partial charge in [-0.15, -0.1) is 11.8 Å². The molecular weight excluding hydrogens is 550 g/mol. The van der Waals surface area contributed by atoms with Crippen LogP contribution in [0.4, 0.5) is 13.6 Å². The number of ether oxygens (including phenoxy) is 4. The van der Waals surface area contributed by atoms with Crippen molar-refractivity contribution >= 4 is 23.8 Å². The number of fused-ring (bicyclic) bond motifs is 4. The number of halogens is 2. The van der Waals surface area contributed by atoms with Gasteiger partial charge in [-0.25, -0.2) is 13.6 Å². The van der Waals surface area contributed by atoms with Gasteiger partial charge in [-0.2, -0.15) is 0 Å². The number of pyridine rings is 2. The van der Waals surface area contributed by atoms with Crippen LogP contribution in [0.5, 0.6) is 5.75 Å². The summed E-state index contributed by atoms with van der Waals surface area (Å²) in [5.41, 5.74) is 0.419. The average Bonchev–Trinajstić information content (AvgIpc) is 3.13. The van der Waals surface area contributed by atoms with Gasteiger partial charge in [0.15, 0.2) is 17.3 Å². The smallest absolute Gasteiger partial charge is 0.451 e. The summed E-state index contributed by atoms with van der Waals surface area (Å²) >= 11 is 1.32. The second-order valence-electron chi connectivity index (χ2n) is 9.00. The second kappa shape index (κ2) is 10.4. The number of morpholine rings is 1. The fourth-order valence-electron chi connectivity index (χ4n) is 5.16. The lowest BCUT2D eigenvalue weighted by Gasteiger charge is -2.51. The van der Waals surface area contributed by atoms with Crippen LogP contribution >= 0.6 is 11.8 Å². The summed E-state index contributed by atoms with van der Waals surface area (Å²) in [6, 6.07) is 6.55. The highest BCUT2D eigenvalue weighted by atomic mass is 32.2. The number of nitrogens with zero attached hydrogens (tertiary/aromatic N) is 4. The number of thioether (sulfide) groups is 1. The van der Waals surface area contributed by atoms with E-state index >= 15 is 4.39 Å². The molecule has 0 radical (unpaired) electrons. The molecule has 0 bridgehead atoms. The zero-order valence-corrected chi connectivity index (χ0v) is 21.9. The maximum Gasteiger partial charge on any atom is 0.510 e. The Balaban J connectivity index is 1.58. The lowest BCUT2D eigenvalue weighted by Crippen LogP contribution is -2.66. The first kappa shape index (κ1) is 26.1. The molecule has 11 nitrogen and oxygen atoms in total. The molecule has 1 saturated heterocycles. The molecular formula is C26H22F2N4O7S. The molecule has 3 aromatic rings. The van der Waals surface area contributed by atoms with Gasteiger partial charge < -0.3 is 23.8 Å². The number of aromatic nitrogens is 2. The second-order valence-corrected chi connectivity index (χ2v) is 10.0. The molecule has 40 heavy (non-hydrogen) atoms. The Morgan fingerprint density at radius 1 is 1.23 bits per heavy atom. The standard InChI is InChI=1S/C26H22F2N4O7S/c1-36-26(35)39-13-38-24-17(33)6-8-31-23(24)25(34)30-9-10-37-11-19(30)32(31)22-14-4-5-16(27)20(28)15(14)12-40-18-3-2-7-29-21(18)22/h2-8,19,22H,9-13H2,1H3/t19-,22-/m1/s1. The minimum absolute atomic E-state index is 0.101. The van der Waals surface area contributed by atoms with E-state index in [0.717, 1.165) is 18.1 Å².